The zero-order valence-electron chi connectivity index (χ0n) is 18.1. The van der Waals surface area contributed by atoms with E-state index >= 15 is 0 Å². The zero-order chi connectivity index (χ0) is 22.3. The third-order valence-electron chi connectivity index (χ3n) is 5.33. The van der Waals surface area contributed by atoms with Gasteiger partial charge in [0.15, 0.2) is 0 Å². The summed E-state index contributed by atoms with van der Waals surface area (Å²) in [6.07, 6.45) is 0.678. The fraction of sp³-hybridized carbons (Fsp3) is 0.619. The van der Waals surface area contributed by atoms with E-state index in [2.05, 4.69) is 10.2 Å². The molecule has 1 aromatic carbocycles. The molecule has 0 radical (unpaired) electrons. The number of rotatable bonds is 10. The molecule has 1 aromatic rings. The maximum Gasteiger partial charge on any atom is 0.240 e. The van der Waals surface area contributed by atoms with Crippen LogP contribution in [0.5, 0.6) is 0 Å². The number of primary amides is 1. The van der Waals surface area contributed by atoms with E-state index in [1.54, 1.807) is 0 Å². The van der Waals surface area contributed by atoms with E-state index in [-0.39, 0.29) is 18.1 Å². The Morgan fingerprint density at radius 3 is 2.23 bits per heavy atom. The highest BCUT2D eigenvalue weighted by Crippen LogP contribution is 2.17. The van der Waals surface area contributed by atoms with Crippen molar-refractivity contribution in [3.63, 3.8) is 0 Å². The number of amides is 2. The molecule has 2 atom stereocenters. The van der Waals surface area contributed by atoms with E-state index in [1.165, 1.54) is 4.31 Å². The smallest absolute Gasteiger partial charge is 0.240 e. The summed E-state index contributed by atoms with van der Waals surface area (Å²) in [5, 5.41) is 2.70. The first-order valence-electron chi connectivity index (χ1n) is 10.4. The number of likely N-dealkylation sites (N-methyl/N-ethyl adjacent to an activating group) is 1. The second kappa shape index (κ2) is 10.9. The molecule has 0 spiro atoms. The number of nitrogens with zero attached hydrogens (tertiary/aromatic N) is 2. The Balaban J connectivity index is 2.19. The summed E-state index contributed by atoms with van der Waals surface area (Å²) < 4.78 is 27.5. The van der Waals surface area contributed by atoms with Gasteiger partial charge in [0, 0.05) is 26.2 Å². The number of hydrogen-bond donors (Lipinski definition) is 2. The molecule has 1 fully saturated rings. The molecule has 30 heavy (non-hydrogen) atoms. The molecule has 1 saturated heterocycles. The van der Waals surface area contributed by atoms with E-state index in [4.69, 9.17) is 5.73 Å². The lowest BCUT2D eigenvalue weighted by Gasteiger charge is -2.32. The minimum Gasteiger partial charge on any atom is -0.368 e. The normalized spacial score (nSPS) is 18.1. The summed E-state index contributed by atoms with van der Waals surface area (Å²) in [4.78, 5) is 26.9. The summed E-state index contributed by atoms with van der Waals surface area (Å²) in [7, 11) is -1.67. The van der Waals surface area contributed by atoms with Crippen LogP contribution < -0.4 is 11.1 Å². The van der Waals surface area contributed by atoms with E-state index in [9.17, 15) is 18.0 Å². The lowest BCUT2D eigenvalue weighted by molar-refractivity contribution is -0.129. The standard InChI is InChI=1S/C21H34N4O4S/c1-16(2)13-19(20(22)26)23-21(27)18(14-17-7-5-4-6-8-17)15-30(28,29)25-11-9-24(3)10-12-25/h4-8,16,18-19H,9-15H2,1-3H3,(H2,22,26)(H,23,27)/t18?,19-/m0/s1. The quantitative estimate of drug-likeness (QED) is 0.550. The van der Waals surface area contributed by atoms with Gasteiger partial charge in [0.05, 0.1) is 11.7 Å². The minimum atomic E-state index is -3.62. The van der Waals surface area contributed by atoms with Gasteiger partial charge in [-0.15, -0.1) is 0 Å². The van der Waals surface area contributed by atoms with Gasteiger partial charge < -0.3 is 16.0 Å². The molecule has 1 aliphatic heterocycles. The number of benzene rings is 1. The number of nitrogens with two attached hydrogens (primary N) is 1. The van der Waals surface area contributed by atoms with Crippen LogP contribution in [0.25, 0.3) is 0 Å². The highest BCUT2D eigenvalue weighted by molar-refractivity contribution is 7.89. The van der Waals surface area contributed by atoms with Crippen molar-refractivity contribution in [1.82, 2.24) is 14.5 Å². The van der Waals surface area contributed by atoms with Crippen LogP contribution in [0.1, 0.15) is 25.8 Å². The second-order valence-corrected chi connectivity index (χ2v) is 10.5. The molecule has 0 aliphatic carbocycles. The highest BCUT2D eigenvalue weighted by Gasteiger charge is 2.33. The van der Waals surface area contributed by atoms with Crippen molar-refractivity contribution in [1.29, 1.82) is 0 Å². The molecule has 1 heterocycles. The summed E-state index contributed by atoms with van der Waals surface area (Å²) in [6.45, 7) is 6.01. The molecule has 168 valence electrons. The number of piperazine rings is 1. The maximum atomic E-state index is 13.0. The average Bonchev–Trinajstić information content (AvgIpc) is 2.67. The molecule has 0 aromatic heterocycles. The van der Waals surface area contributed by atoms with Crippen molar-refractivity contribution in [2.45, 2.75) is 32.7 Å². The van der Waals surface area contributed by atoms with E-state index in [0.29, 0.717) is 32.6 Å². The van der Waals surface area contributed by atoms with Crippen LogP contribution in [0.2, 0.25) is 0 Å². The molecule has 1 aliphatic rings. The molecular weight excluding hydrogens is 404 g/mol. The van der Waals surface area contributed by atoms with Crippen LogP contribution in [0.4, 0.5) is 0 Å². The largest absolute Gasteiger partial charge is 0.368 e. The van der Waals surface area contributed by atoms with E-state index in [0.717, 1.165) is 5.56 Å². The Hall–Kier alpha value is -1.97. The highest BCUT2D eigenvalue weighted by atomic mass is 32.2. The third-order valence-corrected chi connectivity index (χ3v) is 7.31. The van der Waals surface area contributed by atoms with E-state index in [1.807, 2.05) is 51.2 Å². The zero-order valence-corrected chi connectivity index (χ0v) is 18.9. The molecule has 8 nitrogen and oxygen atoms in total. The molecular formula is C21H34N4O4S. The van der Waals surface area contributed by atoms with Gasteiger partial charge in [0.2, 0.25) is 21.8 Å². The van der Waals surface area contributed by atoms with Gasteiger partial charge in [0.25, 0.3) is 0 Å². The predicted molar refractivity (Wildman–Crippen MR) is 117 cm³/mol. The average molecular weight is 439 g/mol. The number of carbonyl (C=O) groups excluding carboxylic acids is 2. The molecule has 2 amide bonds. The minimum absolute atomic E-state index is 0.157. The van der Waals surface area contributed by atoms with Gasteiger partial charge in [-0.05, 0) is 31.4 Å². The van der Waals surface area contributed by atoms with Gasteiger partial charge in [-0.25, -0.2) is 8.42 Å². The molecule has 0 bridgehead atoms. The van der Waals surface area contributed by atoms with E-state index < -0.39 is 33.8 Å². The summed E-state index contributed by atoms with van der Waals surface area (Å²) in [5.74, 6) is -2.03. The van der Waals surface area contributed by atoms with Crippen molar-refractivity contribution in [3.8, 4) is 0 Å². The Labute approximate surface area is 179 Å². The van der Waals surface area contributed by atoms with Crippen molar-refractivity contribution >= 4 is 21.8 Å². The van der Waals surface area contributed by atoms with Crippen molar-refractivity contribution in [3.05, 3.63) is 35.9 Å². The number of nitrogens with one attached hydrogen (secondary N) is 1. The van der Waals surface area contributed by atoms with Crippen LogP contribution in [-0.4, -0.2) is 74.5 Å². The third kappa shape index (κ3) is 7.37. The SMILES string of the molecule is CC(C)C[C@H](NC(=O)C(Cc1ccccc1)CS(=O)(=O)N1CCN(C)CC1)C(N)=O. The van der Waals surface area contributed by atoms with Crippen molar-refractivity contribution in [2.75, 3.05) is 39.0 Å². The lowest BCUT2D eigenvalue weighted by atomic mass is 9.98. The van der Waals surface area contributed by atoms with Crippen LogP contribution in [-0.2, 0) is 26.0 Å². The molecule has 3 N–H and O–H groups in total. The van der Waals surface area contributed by atoms with Gasteiger partial charge >= 0.3 is 0 Å². The Kier molecular flexibility index (Phi) is 8.81. The first-order valence-corrected chi connectivity index (χ1v) is 12.0. The maximum absolute atomic E-state index is 13.0. The topological polar surface area (TPSA) is 113 Å². The van der Waals surface area contributed by atoms with Crippen LogP contribution >= 0.6 is 0 Å². The number of sulfonamides is 1. The first kappa shape index (κ1) is 24.3. The fourth-order valence-corrected chi connectivity index (χ4v) is 5.27. The number of hydrogen-bond acceptors (Lipinski definition) is 5. The summed E-state index contributed by atoms with van der Waals surface area (Å²) >= 11 is 0. The Morgan fingerprint density at radius 2 is 1.70 bits per heavy atom. The second-order valence-electron chi connectivity index (χ2n) is 8.46. The summed E-state index contributed by atoms with van der Waals surface area (Å²) in [6, 6.07) is 8.48. The van der Waals surface area contributed by atoms with Gasteiger partial charge in [-0.1, -0.05) is 44.2 Å². The molecule has 0 saturated carbocycles. The first-order chi connectivity index (χ1) is 14.1. The van der Waals surface area contributed by atoms with Crippen LogP contribution in [0.15, 0.2) is 30.3 Å². The molecule has 9 heteroatoms. The molecule has 1 unspecified atom stereocenters. The van der Waals surface area contributed by atoms with Gasteiger partial charge in [0.1, 0.15) is 6.04 Å². The van der Waals surface area contributed by atoms with Gasteiger partial charge in [-0.3, -0.25) is 9.59 Å². The van der Waals surface area contributed by atoms with Crippen molar-refractivity contribution < 1.29 is 18.0 Å². The van der Waals surface area contributed by atoms with Crippen LogP contribution in [0, 0.1) is 11.8 Å². The van der Waals surface area contributed by atoms with Crippen molar-refractivity contribution in [2.24, 2.45) is 17.6 Å². The number of carbonyl (C=O) groups is 2. The van der Waals surface area contributed by atoms with Gasteiger partial charge in [-0.2, -0.15) is 4.31 Å². The Bertz CT molecular complexity index is 806. The fourth-order valence-electron chi connectivity index (χ4n) is 3.56. The predicted octanol–water partition coefficient (Wildman–Crippen LogP) is 0.439. The monoisotopic (exact) mass is 438 g/mol. The lowest BCUT2D eigenvalue weighted by Crippen LogP contribution is -2.51. The molecule has 2 rings (SSSR count). The summed E-state index contributed by atoms with van der Waals surface area (Å²) in [5.41, 5.74) is 6.32. The van der Waals surface area contributed by atoms with Crippen LogP contribution in [0.3, 0.4) is 0 Å². The Morgan fingerprint density at radius 1 is 1.10 bits per heavy atom.